The molecule has 1 rings (SSSR count). The summed E-state index contributed by atoms with van der Waals surface area (Å²) in [6.07, 6.45) is 1.49. The Morgan fingerprint density at radius 3 is 1.95 bits per heavy atom. The van der Waals surface area contributed by atoms with Crippen LogP contribution in [0.5, 0.6) is 0 Å². The molecule has 1 aromatic carbocycles. The van der Waals surface area contributed by atoms with Gasteiger partial charge in [-0.25, -0.2) is 16.8 Å². The lowest BCUT2D eigenvalue weighted by Gasteiger charge is -2.11. The van der Waals surface area contributed by atoms with E-state index in [0.717, 1.165) is 6.26 Å². The van der Waals surface area contributed by atoms with Gasteiger partial charge >= 0.3 is 0 Å². The predicted octanol–water partition coefficient (Wildman–Crippen LogP) is 1.70. The van der Waals surface area contributed by atoms with Gasteiger partial charge in [-0.15, -0.1) is 0 Å². The molecule has 1 aromatic rings. The van der Waals surface area contributed by atoms with Crippen LogP contribution in [0.1, 0.15) is 13.3 Å². The summed E-state index contributed by atoms with van der Waals surface area (Å²) >= 11 is 0. The fourth-order valence-electron chi connectivity index (χ4n) is 1.40. The van der Waals surface area contributed by atoms with Crippen molar-refractivity contribution >= 4 is 24.7 Å². The van der Waals surface area contributed by atoms with Crippen molar-refractivity contribution in [2.45, 2.75) is 23.1 Å². The zero-order valence-corrected chi connectivity index (χ0v) is 12.4. The first kappa shape index (κ1) is 15.8. The van der Waals surface area contributed by atoms with E-state index in [4.69, 9.17) is 5.41 Å². The third-order valence-corrected chi connectivity index (χ3v) is 5.65. The normalized spacial score (nSPS) is 14.1. The Morgan fingerprint density at radius 1 is 1.16 bits per heavy atom. The van der Waals surface area contributed by atoms with E-state index >= 15 is 0 Å². The van der Waals surface area contributed by atoms with Gasteiger partial charge in [0.2, 0.25) is 9.84 Å². The third kappa shape index (κ3) is 3.42. The molecule has 1 N–H and O–H groups in total. The Kier molecular flexibility index (Phi) is 4.52. The van der Waals surface area contributed by atoms with E-state index in [2.05, 4.69) is 6.92 Å². The van der Waals surface area contributed by atoms with Crippen LogP contribution in [-0.4, -0.2) is 28.1 Å². The predicted molar refractivity (Wildman–Crippen MR) is 73.6 cm³/mol. The summed E-state index contributed by atoms with van der Waals surface area (Å²) in [4.78, 5) is -0.0494. The van der Waals surface area contributed by atoms with Gasteiger partial charge in [-0.2, -0.15) is 0 Å². The second-order valence-corrected chi connectivity index (χ2v) is 8.15. The van der Waals surface area contributed by atoms with E-state index in [0.29, 0.717) is 6.42 Å². The molecular weight excluding hydrogens is 286 g/mol. The lowest BCUT2D eigenvalue weighted by Crippen LogP contribution is -2.21. The highest BCUT2D eigenvalue weighted by Gasteiger charge is 2.25. The molecule has 0 bridgehead atoms. The van der Waals surface area contributed by atoms with Crippen LogP contribution in [0.25, 0.3) is 0 Å². The molecular formula is C12H16NO4S2. The van der Waals surface area contributed by atoms with Crippen molar-refractivity contribution in [1.29, 1.82) is 5.41 Å². The Bertz CT molecular complexity index is 673. The fraction of sp³-hybridized carbons (Fsp3) is 0.333. The van der Waals surface area contributed by atoms with E-state index in [1.807, 2.05) is 0 Å². The standard InChI is InChI=1S/C12H16NO4S2/c1-4-9(2)12(13)19(16,17)11-7-5-10(6-8-11)18(3,14)15/h5-9,13H,2,4H2,1,3H3/t9-/m1/s1. The summed E-state index contributed by atoms with van der Waals surface area (Å²) in [7, 11) is -7.25. The maximum absolute atomic E-state index is 12.1. The molecule has 0 aliphatic heterocycles. The molecule has 0 heterocycles. The lowest BCUT2D eigenvalue weighted by molar-refractivity contribution is 0.599. The second kappa shape index (κ2) is 5.42. The van der Waals surface area contributed by atoms with Gasteiger partial charge in [-0.05, 0) is 37.6 Å². The van der Waals surface area contributed by atoms with Gasteiger partial charge < -0.3 is 0 Å². The SMILES string of the molecule is [CH2][C@H](CC)C(=N)S(=O)(=O)c1ccc(S(C)(=O)=O)cc1. The summed E-state index contributed by atoms with van der Waals surface area (Å²) in [6.45, 7) is 5.35. The monoisotopic (exact) mass is 302 g/mol. The van der Waals surface area contributed by atoms with E-state index in [1.54, 1.807) is 6.92 Å². The number of nitrogens with one attached hydrogen (secondary N) is 1. The lowest BCUT2D eigenvalue weighted by atomic mass is 10.1. The average molecular weight is 302 g/mol. The minimum atomic E-state index is -3.89. The Labute approximate surface area is 114 Å². The van der Waals surface area contributed by atoms with Gasteiger partial charge in [0.1, 0.15) is 5.04 Å². The highest BCUT2D eigenvalue weighted by Crippen LogP contribution is 2.19. The molecule has 0 saturated heterocycles. The smallest absolute Gasteiger partial charge is 0.219 e. The Hall–Kier alpha value is -1.21. The summed E-state index contributed by atoms with van der Waals surface area (Å²) in [5.74, 6) is -0.611. The molecule has 0 aromatic heterocycles. The molecule has 105 valence electrons. The topological polar surface area (TPSA) is 92.1 Å². The van der Waals surface area contributed by atoms with Crippen molar-refractivity contribution in [3.05, 3.63) is 31.2 Å². The minimum Gasteiger partial charge on any atom is -0.293 e. The highest BCUT2D eigenvalue weighted by atomic mass is 32.2. The van der Waals surface area contributed by atoms with Gasteiger partial charge in [0.25, 0.3) is 0 Å². The number of benzene rings is 1. The van der Waals surface area contributed by atoms with E-state index in [1.165, 1.54) is 24.3 Å². The quantitative estimate of drug-likeness (QED) is 0.677. The second-order valence-electron chi connectivity index (χ2n) is 4.22. The molecule has 1 atom stereocenters. The van der Waals surface area contributed by atoms with E-state index in [-0.39, 0.29) is 9.79 Å². The Morgan fingerprint density at radius 2 is 1.58 bits per heavy atom. The number of hydrogen-bond donors (Lipinski definition) is 1. The molecule has 0 amide bonds. The van der Waals surface area contributed by atoms with Gasteiger partial charge in [-0.1, -0.05) is 6.92 Å². The van der Waals surface area contributed by atoms with Crippen molar-refractivity contribution in [1.82, 2.24) is 0 Å². The zero-order valence-electron chi connectivity index (χ0n) is 10.8. The van der Waals surface area contributed by atoms with Crippen molar-refractivity contribution in [2.24, 2.45) is 5.92 Å². The van der Waals surface area contributed by atoms with Gasteiger partial charge in [-0.3, -0.25) is 5.41 Å². The summed E-state index contributed by atoms with van der Waals surface area (Å²) in [5, 5.41) is 7.19. The minimum absolute atomic E-state index is 0.0413. The molecule has 1 radical (unpaired) electrons. The molecule has 0 fully saturated rings. The van der Waals surface area contributed by atoms with Gasteiger partial charge in [0.15, 0.2) is 9.84 Å². The van der Waals surface area contributed by atoms with Crippen LogP contribution in [0.3, 0.4) is 0 Å². The molecule has 0 aliphatic carbocycles. The third-order valence-electron chi connectivity index (χ3n) is 2.72. The Balaban J connectivity index is 3.22. The van der Waals surface area contributed by atoms with Crippen molar-refractivity contribution in [3.63, 3.8) is 0 Å². The van der Waals surface area contributed by atoms with E-state index < -0.39 is 30.6 Å². The average Bonchev–Trinajstić information content (AvgIpc) is 2.36. The van der Waals surface area contributed by atoms with Crippen LogP contribution in [-0.2, 0) is 19.7 Å². The number of hydrogen-bond acceptors (Lipinski definition) is 5. The van der Waals surface area contributed by atoms with Gasteiger partial charge in [0.05, 0.1) is 9.79 Å². The molecule has 0 unspecified atom stereocenters. The summed E-state index contributed by atoms with van der Waals surface area (Å²) in [6, 6.07) is 4.84. The van der Waals surface area contributed by atoms with Crippen LogP contribution < -0.4 is 0 Å². The molecule has 5 nitrogen and oxygen atoms in total. The first-order valence-electron chi connectivity index (χ1n) is 5.57. The maximum Gasteiger partial charge on any atom is 0.219 e. The van der Waals surface area contributed by atoms with Crippen LogP contribution in [0.15, 0.2) is 34.1 Å². The number of rotatable bonds is 4. The van der Waals surface area contributed by atoms with Crippen molar-refractivity contribution in [2.75, 3.05) is 6.26 Å². The molecule has 0 saturated carbocycles. The molecule has 0 spiro atoms. The largest absolute Gasteiger partial charge is 0.293 e. The zero-order chi connectivity index (χ0) is 14.8. The fourth-order valence-corrected chi connectivity index (χ4v) is 3.38. The van der Waals surface area contributed by atoms with Crippen LogP contribution >= 0.6 is 0 Å². The van der Waals surface area contributed by atoms with Crippen LogP contribution in [0, 0.1) is 18.3 Å². The van der Waals surface area contributed by atoms with Gasteiger partial charge in [0, 0.05) is 12.2 Å². The first-order valence-corrected chi connectivity index (χ1v) is 8.95. The summed E-state index contributed by atoms with van der Waals surface area (Å²) < 4.78 is 46.7. The van der Waals surface area contributed by atoms with Crippen molar-refractivity contribution < 1.29 is 16.8 Å². The van der Waals surface area contributed by atoms with Crippen LogP contribution in [0.4, 0.5) is 0 Å². The highest BCUT2D eigenvalue weighted by molar-refractivity contribution is 8.06. The molecule has 7 heteroatoms. The maximum atomic E-state index is 12.1. The van der Waals surface area contributed by atoms with Crippen LogP contribution in [0.2, 0.25) is 0 Å². The number of sulfone groups is 2. The summed E-state index contributed by atoms with van der Waals surface area (Å²) in [5.41, 5.74) is 0. The first-order chi connectivity index (χ1) is 8.60. The van der Waals surface area contributed by atoms with Crippen molar-refractivity contribution in [3.8, 4) is 0 Å². The molecule has 0 aliphatic rings. The van der Waals surface area contributed by atoms with E-state index in [9.17, 15) is 16.8 Å². The molecule has 19 heavy (non-hydrogen) atoms.